The van der Waals surface area contributed by atoms with Gasteiger partial charge in [0, 0.05) is 54.1 Å². The Balaban J connectivity index is 1.06. The number of hydrogen-bond donors (Lipinski definition) is 0. The Morgan fingerprint density at radius 2 is 0.814 bits per heavy atom. The standard InChI is InChI=1S/C96H84BN5/c1-60-35-37-63(38-36-60)67-47-66(62-27-18-15-19-28-62)50-73(51-67)100-88-53-65(68-48-71(95(8,9)10)54-72(49-68)96(11,12)13)40-44-80(88)97-81-43-39-64(61-25-16-14-17-26-61)52-89(81)102(85-34-24-33-84(79(85)59-98)101-82-31-22-20-29-75(82)76-30-21-23-32-83(76)101)91-58-74(57-90(100)92(91)97)99-86-45-41-69(93(2,3)4)55-77(86)78-56-70(94(5,6)7)42-46-87(78)99/h14-58H,1-13H3/i1D3,14D,16D,17D,25D,26D. The van der Waals surface area contributed by atoms with E-state index < -0.39 is 31.7 Å². The summed E-state index contributed by atoms with van der Waals surface area (Å²) in [7, 11) is 0. The number of aromatic nitrogens is 2. The van der Waals surface area contributed by atoms with Crippen LogP contribution in [0.2, 0.25) is 0 Å². The van der Waals surface area contributed by atoms with Gasteiger partial charge in [0.25, 0.3) is 6.71 Å². The second-order valence-corrected chi connectivity index (χ2v) is 32.0. The summed E-state index contributed by atoms with van der Waals surface area (Å²) in [4.78, 5) is 4.66. The number of nitrogens with zero attached hydrogens (tertiary/aromatic N) is 5. The lowest BCUT2D eigenvalue weighted by Gasteiger charge is -2.45. The molecule has 2 aliphatic rings. The van der Waals surface area contributed by atoms with E-state index >= 15 is 0 Å². The molecule has 2 aliphatic heterocycles. The number of nitriles is 1. The molecule has 6 heteroatoms. The fourth-order valence-corrected chi connectivity index (χ4v) is 15.8. The third-order valence-corrected chi connectivity index (χ3v) is 21.3. The summed E-state index contributed by atoms with van der Waals surface area (Å²) in [6.07, 6.45) is 0. The normalized spacial score (nSPS) is 14.3. The molecule has 0 atom stereocenters. The van der Waals surface area contributed by atoms with E-state index in [2.05, 4.69) is 266 Å². The monoisotopic (exact) mass is 1330 g/mol. The van der Waals surface area contributed by atoms with Gasteiger partial charge in [-0.1, -0.05) is 271 Å². The minimum absolute atomic E-state index is 0.0576. The van der Waals surface area contributed by atoms with Gasteiger partial charge in [-0.3, -0.25) is 0 Å². The highest BCUT2D eigenvalue weighted by Crippen LogP contribution is 2.51. The lowest BCUT2D eigenvalue weighted by molar-refractivity contribution is 0.569. The number of anilines is 6. The quantitative estimate of drug-likeness (QED) is 0.142. The van der Waals surface area contributed by atoms with Gasteiger partial charge in [-0.2, -0.15) is 5.26 Å². The number of benzene rings is 13. The molecule has 0 unspecified atom stereocenters. The summed E-state index contributed by atoms with van der Waals surface area (Å²) >= 11 is 0. The van der Waals surface area contributed by atoms with Crippen LogP contribution < -0.4 is 26.2 Å². The molecule has 0 saturated heterocycles. The van der Waals surface area contributed by atoms with Crippen molar-refractivity contribution < 1.29 is 11.0 Å². The summed E-state index contributed by atoms with van der Waals surface area (Å²) in [5, 5.41) is 16.7. The molecule has 0 fully saturated rings. The highest BCUT2D eigenvalue weighted by Gasteiger charge is 2.45. The van der Waals surface area contributed by atoms with Gasteiger partial charge in [-0.15, -0.1) is 0 Å². The van der Waals surface area contributed by atoms with Crippen LogP contribution in [0.1, 0.15) is 127 Å². The Kier molecular flexibility index (Phi) is 12.8. The Labute approximate surface area is 612 Å². The fourth-order valence-electron chi connectivity index (χ4n) is 15.8. The smallest absolute Gasteiger partial charge is 0.252 e. The number of hydrogen-bond acceptors (Lipinski definition) is 3. The van der Waals surface area contributed by atoms with E-state index in [4.69, 9.17) is 8.22 Å². The van der Waals surface area contributed by atoms with Crippen LogP contribution in [0, 0.1) is 18.2 Å². The summed E-state index contributed by atoms with van der Waals surface area (Å²) < 4.78 is 76.1. The van der Waals surface area contributed by atoms with Crippen molar-refractivity contribution in [2.75, 3.05) is 9.80 Å². The van der Waals surface area contributed by atoms with Crippen LogP contribution >= 0.6 is 0 Å². The van der Waals surface area contributed by atoms with Crippen molar-refractivity contribution >= 4 is 101 Å². The number of fused-ring (bicyclic) bond motifs is 10. The second-order valence-electron chi connectivity index (χ2n) is 32.0. The zero-order valence-corrected chi connectivity index (χ0v) is 59.9. The van der Waals surface area contributed by atoms with Gasteiger partial charge < -0.3 is 18.9 Å². The summed E-state index contributed by atoms with van der Waals surface area (Å²) in [5.41, 5.74) is 23.5. The lowest BCUT2D eigenvalue weighted by atomic mass is 9.33. The topological polar surface area (TPSA) is 40.1 Å². The molecule has 13 aromatic carbocycles. The van der Waals surface area contributed by atoms with Gasteiger partial charge in [0.2, 0.25) is 0 Å². The summed E-state index contributed by atoms with van der Waals surface area (Å²) in [5.74, 6) is 0. The minimum Gasteiger partial charge on any atom is -0.311 e. The zero-order chi connectivity index (χ0) is 77.3. The summed E-state index contributed by atoms with van der Waals surface area (Å²) in [6.45, 7) is 24.3. The molecule has 0 aliphatic carbocycles. The van der Waals surface area contributed by atoms with Crippen molar-refractivity contribution in [3.8, 4) is 62.0 Å². The van der Waals surface area contributed by atoms with Crippen LogP contribution in [0.15, 0.2) is 273 Å². The van der Waals surface area contributed by atoms with E-state index in [1.165, 1.54) is 22.3 Å². The van der Waals surface area contributed by atoms with Crippen molar-refractivity contribution in [1.82, 2.24) is 9.13 Å². The van der Waals surface area contributed by atoms with Crippen LogP contribution in [0.4, 0.5) is 34.1 Å². The Morgan fingerprint density at radius 3 is 1.36 bits per heavy atom. The first-order valence-corrected chi connectivity index (χ1v) is 35.5. The van der Waals surface area contributed by atoms with E-state index in [9.17, 15) is 8.00 Å². The number of rotatable bonds is 8. The van der Waals surface area contributed by atoms with Crippen LogP contribution in [0.25, 0.3) is 99.5 Å². The molecular formula is C96H84BN5. The summed E-state index contributed by atoms with van der Waals surface area (Å²) in [6, 6.07) is 86.2. The van der Waals surface area contributed by atoms with Crippen molar-refractivity contribution in [2.24, 2.45) is 0 Å². The van der Waals surface area contributed by atoms with E-state index in [1.54, 1.807) is 12.1 Å². The minimum atomic E-state index is -2.32. The molecule has 102 heavy (non-hydrogen) atoms. The maximum atomic E-state index is 12.4. The largest absolute Gasteiger partial charge is 0.311 e. The third kappa shape index (κ3) is 10.7. The van der Waals surface area contributed by atoms with E-state index in [-0.39, 0.29) is 44.9 Å². The Hall–Kier alpha value is -11.4. The maximum absolute atomic E-state index is 12.4. The lowest BCUT2D eigenvalue weighted by Crippen LogP contribution is -2.61. The van der Waals surface area contributed by atoms with Gasteiger partial charge in [0.05, 0.1) is 46.0 Å². The molecule has 0 amide bonds. The highest BCUT2D eigenvalue weighted by molar-refractivity contribution is 7.00. The number of aryl methyl sites for hydroxylation is 1. The Bertz CT molecular complexity index is 6220. The van der Waals surface area contributed by atoms with Gasteiger partial charge in [-0.25, -0.2) is 0 Å². The van der Waals surface area contributed by atoms with Crippen molar-refractivity contribution in [2.45, 2.75) is 112 Å². The molecule has 0 saturated carbocycles. The molecule has 15 aromatic rings. The molecular weight excluding hydrogens is 1230 g/mol. The van der Waals surface area contributed by atoms with Gasteiger partial charge in [0.15, 0.2) is 0 Å². The third-order valence-electron chi connectivity index (χ3n) is 21.3. The number of para-hydroxylation sites is 2. The first-order valence-electron chi connectivity index (χ1n) is 39.5. The molecule has 0 N–H and O–H groups in total. The second kappa shape index (κ2) is 23.6. The molecule has 0 radical (unpaired) electrons. The average Bonchev–Trinajstić information content (AvgIpc) is 0.751. The molecule has 496 valence electrons. The van der Waals surface area contributed by atoms with E-state index in [1.807, 2.05) is 72.8 Å². The molecule has 2 aromatic heterocycles. The predicted molar refractivity (Wildman–Crippen MR) is 435 cm³/mol. The van der Waals surface area contributed by atoms with Gasteiger partial charge in [0.1, 0.15) is 11.6 Å². The van der Waals surface area contributed by atoms with Gasteiger partial charge in [-0.05, 0) is 203 Å². The van der Waals surface area contributed by atoms with Crippen molar-refractivity contribution in [3.05, 3.63) is 306 Å². The van der Waals surface area contributed by atoms with Crippen LogP contribution in [0.5, 0.6) is 0 Å². The van der Waals surface area contributed by atoms with Crippen LogP contribution in [-0.4, -0.2) is 15.8 Å². The average molecular weight is 1330 g/mol. The van der Waals surface area contributed by atoms with Crippen LogP contribution in [0.3, 0.4) is 0 Å². The predicted octanol–water partition coefficient (Wildman–Crippen LogP) is 24.0. The maximum Gasteiger partial charge on any atom is 0.252 e. The van der Waals surface area contributed by atoms with Gasteiger partial charge >= 0.3 is 0 Å². The van der Waals surface area contributed by atoms with E-state index in [0.717, 1.165) is 122 Å². The first-order chi connectivity index (χ1) is 52.2. The SMILES string of the molecule is [2H]c1c([2H])c([2H])c(-c2ccc3c(c2)N(c2cccc(-n4c5ccccc5c5ccccc54)c2C#N)c2cc(-n4c5ccc(C(C)(C)C)cc5c5cc(C(C)(C)C)ccc54)cc4c2B3c2ccc(-c3cc(C(C)(C)C)cc(C(C)(C)C)c3)cc2N4c2cc(-c3ccccc3)cc(-c3ccc(C([2H])([2H])[2H])cc3)c2)c([2H])c1[2H]. The van der Waals surface area contributed by atoms with E-state index in [0.29, 0.717) is 28.2 Å². The Morgan fingerprint density at radius 1 is 0.333 bits per heavy atom. The molecule has 4 heterocycles. The molecule has 0 bridgehead atoms. The molecule has 17 rings (SSSR count). The molecule has 0 spiro atoms. The zero-order valence-electron chi connectivity index (χ0n) is 67.9. The first kappa shape index (κ1) is 55.4. The molecule has 5 nitrogen and oxygen atoms in total. The van der Waals surface area contributed by atoms with Crippen molar-refractivity contribution in [3.63, 3.8) is 0 Å². The fraction of sp³-hybridized carbons (Fsp3) is 0.177. The van der Waals surface area contributed by atoms with Crippen molar-refractivity contribution in [1.29, 1.82) is 5.26 Å². The van der Waals surface area contributed by atoms with Crippen LogP contribution in [-0.2, 0) is 21.7 Å². The highest BCUT2D eigenvalue weighted by atomic mass is 15.2.